The molecule has 0 atom stereocenters. The molecule has 1 N–H and O–H groups in total. The number of anilines is 1. The van der Waals surface area contributed by atoms with Gasteiger partial charge in [0.15, 0.2) is 11.5 Å². The highest BCUT2D eigenvalue weighted by atomic mass is 79.9. The molecule has 0 bridgehead atoms. The molecule has 178 valence electrons. The molecular formula is C25H17BrClFN2O5. The summed E-state index contributed by atoms with van der Waals surface area (Å²) in [4.78, 5) is 38.8. The number of methoxy groups -OCH3 is 1. The topological polar surface area (TPSA) is 84.9 Å². The van der Waals surface area contributed by atoms with E-state index in [0.717, 1.165) is 4.90 Å². The van der Waals surface area contributed by atoms with Crippen molar-refractivity contribution in [2.24, 2.45) is 0 Å². The summed E-state index contributed by atoms with van der Waals surface area (Å²) >= 11 is 9.31. The molecule has 1 fully saturated rings. The smallest absolute Gasteiger partial charge is 0.335 e. The van der Waals surface area contributed by atoms with E-state index >= 15 is 0 Å². The van der Waals surface area contributed by atoms with Gasteiger partial charge in [-0.15, -0.1) is 0 Å². The first-order valence-corrected chi connectivity index (χ1v) is 11.4. The van der Waals surface area contributed by atoms with E-state index < -0.39 is 17.8 Å². The molecule has 3 aromatic rings. The van der Waals surface area contributed by atoms with Crippen molar-refractivity contribution >= 4 is 57.1 Å². The molecule has 0 aliphatic carbocycles. The van der Waals surface area contributed by atoms with Crippen molar-refractivity contribution in [1.82, 2.24) is 5.32 Å². The van der Waals surface area contributed by atoms with Gasteiger partial charge in [0.05, 0.1) is 17.3 Å². The van der Waals surface area contributed by atoms with Gasteiger partial charge in [0.2, 0.25) is 0 Å². The van der Waals surface area contributed by atoms with Gasteiger partial charge in [-0.1, -0.05) is 23.7 Å². The van der Waals surface area contributed by atoms with E-state index in [9.17, 15) is 18.8 Å². The lowest BCUT2D eigenvalue weighted by Crippen LogP contribution is -2.54. The molecule has 1 aliphatic rings. The Kier molecular flexibility index (Phi) is 7.18. The quantitative estimate of drug-likeness (QED) is 0.319. The zero-order valence-corrected chi connectivity index (χ0v) is 20.5. The van der Waals surface area contributed by atoms with Gasteiger partial charge in [-0.2, -0.15) is 0 Å². The molecule has 3 aromatic carbocycles. The molecule has 35 heavy (non-hydrogen) atoms. The monoisotopic (exact) mass is 558 g/mol. The Bertz CT molecular complexity index is 1360. The Labute approximate surface area is 213 Å². The Morgan fingerprint density at radius 2 is 1.83 bits per heavy atom. The van der Waals surface area contributed by atoms with E-state index in [1.54, 1.807) is 24.3 Å². The number of benzene rings is 3. The van der Waals surface area contributed by atoms with E-state index in [4.69, 9.17) is 21.1 Å². The minimum atomic E-state index is -0.862. The Morgan fingerprint density at radius 3 is 2.51 bits per heavy atom. The second kappa shape index (κ2) is 10.3. The highest BCUT2D eigenvalue weighted by Crippen LogP contribution is 2.38. The number of nitrogens with zero attached hydrogens (tertiary/aromatic N) is 1. The molecule has 1 aliphatic heterocycles. The second-order valence-corrected chi connectivity index (χ2v) is 8.68. The van der Waals surface area contributed by atoms with E-state index in [2.05, 4.69) is 21.2 Å². The predicted molar refractivity (Wildman–Crippen MR) is 132 cm³/mol. The van der Waals surface area contributed by atoms with Crippen LogP contribution >= 0.6 is 27.5 Å². The minimum Gasteiger partial charge on any atom is -0.493 e. The highest BCUT2D eigenvalue weighted by Gasteiger charge is 2.36. The van der Waals surface area contributed by atoms with Crippen LogP contribution in [0.5, 0.6) is 11.5 Å². The first-order valence-electron chi connectivity index (χ1n) is 10.2. The lowest BCUT2D eigenvalue weighted by atomic mass is 10.1. The minimum absolute atomic E-state index is 0.0895. The summed E-state index contributed by atoms with van der Waals surface area (Å²) in [6, 6.07) is 14.4. The van der Waals surface area contributed by atoms with E-state index in [-0.39, 0.29) is 23.7 Å². The standard InChI is InChI=1S/C25H17BrClFN2O5/c1-34-21-12-15(11-20(26)22(21)35-13-14-3-2-4-17(28)9-14)10-19-23(31)29-25(33)30(24(19)32)18-7-5-16(27)6-8-18/h2-12H,13H2,1H3,(H,29,31,33)/b19-10+. The number of urea groups is 1. The number of carbonyl (C=O) groups is 3. The molecule has 7 nitrogen and oxygen atoms in total. The zero-order chi connectivity index (χ0) is 25.1. The van der Waals surface area contributed by atoms with Crippen LogP contribution in [-0.4, -0.2) is 25.0 Å². The van der Waals surface area contributed by atoms with Gasteiger partial charge in [-0.05, 0) is 81.7 Å². The number of imide groups is 2. The van der Waals surface area contributed by atoms with Gasteiger partial charge in [0.25, 0.3) is 11.8 Å². The number of nitrogens with one attached hydrogen (secondary N) is 1. The maximum absolute atomic E-state index is 13.4. The van der Waals surface area contributed by atoms with Crippen LogP contribution in [0, 0.1) is 5.82 Å². The number of halogens is 3. The van der Waals surface area contributed by atoms with Gasteiger partial charge in [0, 0.05) is 5.02 Å². The maximum Gasteiger partial charge on any atom is 0.335 e. The number of hydrogen-bond donors (Lipinski definition) is 1. The molecule has 0 spiro atoms. The molecule has 0 aromatic heterocycles. The molecule has 0 radical (unpaired) electrons. The summed E-state index contributed by atoms with van der Waals surface area (Å²) in [5, 5.41) is 2.60. The van der Waals surface area contributed by atoms with Crippen LogP contribution in [0.25, 0.3) is 6.08 Å². The van der Waals surface area contributed by atoms with Crippen molar-refractivity contribution in [2.75, 3.05) is 12.0 Å². The van der Waals surface area contributed by atoms with Crippen molar-refractivity contribution in [3.8, 4) is 11.5 Å². The van der Waals surface area contributed by atoms with Gasteiger partial charge in [-0.25, -0.2) is 14.1 Å². The highest BCUT2D eigenvalue weighted by molar-refractivity contribution is 9.10. The average molecular weight is 560 g/mol. The number of amides is 4. The SMILES string of the molecule is COc1cc(/C=C2\C(=O)NC(=O)N(c3ccc(Cl)cc3)C2=O)cc(Br)c1OCc1cccc(F)c1. The molecule has 0 saturated carbocycles. The molecule has 1 heterocycles. The first kappa shape index (κ1) is 24.4. The van der Waals surface area contributed by atoms with Crippen molar-refractivity contribution in [1.29, 1.82) is 0 Å². The Balaban J connectivity index is 1.64. The average Bonchev–Trinajstić information content (AvgIpc) is 2.82. The Hall–Kier alpha value is -3.69. The largest absolute Gasteiger partial charge is 0.493 e. The van der Waals surface area contributed by atoms with Crippen molar-refractivity contribution in [2.45, 2.75) is 6.61 Å². The number of hydrogen-bond acceptors (Lipinski definition) is 5. The predicted octanol–water partition coefficient (Wildman–Crippen LogP) is 5.50. The third kappa shape index (κ3) is 5.36. The maximum atomic E-state index is 13.4. The van der Waals surface area contributed by atoms with Crippen LogP contribution in [0.1, 0.15) is 11.1 Å². The third-order valence-corrected chi connectivity index (χ3v) is 5.86. The van der Waals surface area contributed by atoms with Crippen LogP contribution in [0.2, 0.25) is 5.02 Å². The molecule has 4 rings (SSSR count). The lowest BCUT2D eigenvalue weighted by molar-refractivity contribution is -0.122. The lowest BCUT2D eigenvalue weighted by Gasteiger charge is -2.26. The van der Waals surface area contributed by atoms with Gasteiger partial charge in [0.1, 0.15) is 18.0 Å². The van der Waals surface area contributed by atoms with Gasteiger partial charge in [-0.3, -0.25) is 14.9 Å². The zero-order valence-electron chi connectivity index (χ0n) is 18.2. The number of barbiturate groups is 1. The van der Waals surface area contributed by atoms with E-state index in [1.807, 2.05) is 0 Å². The van der Waals surface area contributed by atoms with E-state index in [1.165, 1.54) is 49.6 Å². The third-order valence-electron chi connectivity index (χ3n) is 5.02. The fraction of sp³-hybridized carbons (Fsp3) is 0.0800. The van der Waals surface area contributed by atoms with Crippen LogP contribution in [-0.2, 0) is 16.2 Å². The number of ether oxygens (including phenoxy) is 2. The van der Waals surface area contributed by atoms with Gasteiger partial charge >= 0.3 is 6.03 Å². The molecule has 10 heteroatoms. The fourth-order valence-electron chi connectivity index (χ4n) is 3.39. The molecule has 0 unspecified atom stereocenters. The van der Waals surface area contributed by atoms with E-state index in [0.29, 0.717) is 32.1 Å². The van der Waals surface area contributed by atoms with Crippen molar-refractivity contribution in [3.63, 3.8) is 0 Å². The summed E-state index contributed by atoms with van der Waals surface area (Å²) in [7, 11) is 1.44. The Morgan fingerprint density at radius 1 is 1.09 bits per heavy atom. The summed E-state index contributed by atoms with van der Waals surface area (Å²) in [5.74, 6) is -1.32. The van der Waals surface area contributed by atoms with Crippen LogP contribution in [0.3, 0.4) is 0 Å². The number of rotatable bonds is 6. The summed E-state index contributed by atoms with van der Waals surface area (Å²) in [6.07, 6.45) is 1.34. The van der Waals surface area contributed by atoms with Crippen LogP contribution in [0.15, 0.2) is 70.7 Å². The molecular weight excluding hydrogens is 543 g/mol. The van der Waals surface area contributed by atoms with Crippen LogP contribution in [0.4, 0.5) is 14.9 Å². The first-order chi connectivity index (χ1) is 16.8. The molecule has 4 amide bonds. The summed E-state index contributed by atoms with van der Waals surface area (Å²) < 4.78 is 25.2. The van der Waals surface area contributed by atoms with Gasteiger partial charge < -0.3 is 9.47 Å². The number of carbonyl (C=O) groups excluding carboxylic acids is 3. The summed E-state index contributed by atoms with van der Waals surface area (Å²) in [5.41, 5.74) is 1.08. The second-order valence-electron chi connectivity index (χ2n) is 7.39. The van der Waals surface area contributed by atoms with Crippen molar-refractivity contribution < 1.29 is 28.2 Å². The normalized spacial score (nSPS) is 14.8. The van der Waals surface area contributed by atoms with Crippen molar-refractivity contribution in [3.05, 3.63) is 92.7 Å². The fourth-order valence-corrected chi connectivity index (χ4v) is 4.09. The van der Waals surface area contributed by atoms with Crippen LogP contribution < -0.4 is 19.7 Å². The molecule has 1 saturated heterocycles. The summed E-state index contributed by atoms with van der Waals surface area (Å²) in [6.45, 7) is 0.0895.